The summed E-state index contributed by atoms with van der Waals surface area (Å²) < 4.78 is 64.2. The lowest BCUT2D eigenvalue weighted by molar-refractivity contribution is 0.0684. The minimum Gasteiger partial charge on any atom is -0.476 e. The largest absolute Gasteiger partial charge is 0.476 e. The highest BCUT2D eigenvalue weighted by Crippen LogP contribution is 2.30. The molecule has 1 N–H and O–H groups in total. The zero-order valence-electron chi connectivity index (χ0n) is 12.3. The predicted octanol–water partition coefficient (Wildman–Crippen LogP) is 4.07. The molecule has 0 saturated carbocycles. The van der Waals surface area contributed by atoms with Crippen molar-refractivity contribution in [2.24, 2.45) is 0 Å². The van der Waals surface area contributed by atoms with Gasteiger partial charge in [-0.1, -0.05) is 10.9 Å². The van der Waals surface area contributed by atoms with Crippen LogP contribution in [0.15, 0.2) is 50.8 Å². The average Bonchev–Trinajstić information content (AvgIpc) is 3.00. The molecule has 1 aliphatic rings. The van der Waals surface area contributed by atoms with Gasteiger partial charge in [0.25, 0.3) is 0 Å². The summed E-state index contributed by atoms with van der Waals surface area (Å²) in [6.07, 6.45) is -0.708. The van der Waals surface area contributed by atoms with E-state index in [0.717, 1.165) is 13.0 Å². The zero-order chi connectivity index (χ0) is 17.9. The summed E-state index contributed by atoms with van der Waals surface area (Å²) in [7, 11) is 0. The third kappa shape index (κ3) is 4.01. The van der Waals surface area contributed by atoms with Crippen LogP contribution in [0, 0.1) is 0 Å². The molecule has 0 bridgehead atoms. The van der Waals surface area contributed by atoms with Crippen molar-refractivity contribution in [1.29, 1.82) is 0 Å². The molecule has 0 aromatic carbocycles. The molecule has 1 aromatic heterocycles. The molecule has 24 heavy (non-hydrogen) atoms. The van der Waals surface area contributed by atoms with Crippen LogP contribution in [0.3, 0.4) is 0 Å². The van der Waals surface area contributed by atoms with Gasteiger partial charge >= 0.3 is 5.97 Å². The highest BCUT2D eigenvalue weighted by Gasteiger charge is 2.20. The Morgan fingerprint density at radius 3 is 2.67 bits per heavy atom. The molecule has 1 aromatic rings. The molecule has 0 amide bonds. The maximum Gasteiger partial charge on any atom is 0.358 e. The number of halogens is 4. The van der Waals surface area contributed by atoms with Gasteiger partial charge in [0.1, 0.15) is 12.4 Å². The van der Waals surface area contributed by atoms with Gasteiger partial charge in [0.2, 0.25) is 5.83 Å². The molecular weight excluding hydrogens is 334 g/mol. The normalized spacial score (nSPS) is 21.9. The lowest BCUT2D eigenvalue weighted by atomic mass is 10.1. The molecule has 0 saturated heterocycles. The first-order chi connectivity index (χ1) is 11.3. The lowest BCUT2D eigenvalue weighted by Crippen LogP contribution is -2.02. The Labute approximate surface area is 133 Å². The highest BCUT2D eigenvalue weighted by molar-refractivity contribution is 5.85. The number of allylic oxidation sites excluding steroid dienone is 3. The van der Waals surface area contributed by atoms with Crippen LogP contribution in [-0.4, -0.2) is 22.8 Å². The van der Waals surface area contributed by atoms with E-state index >= 15 is 0 Å². The molecule has 0 aliphatic heterocycles. The molecule has 2 rings (SSSR count). The third-order valence-electron chi connectivity index (χ3n) is 3.02. The maximum absolute atomic E-state index is 13.9. The first-order valence-electron chi connectivity index (χ1n) is 6.61. The van der Waals surface area contributed by atoms with Crippen LogP contribution in [0.4, 0.5) is 17.6 Å². The second-order valence-corrected chi connectivity index (χ2v) is 4.88. The fourth-order valence-electron chi connectivity index (χ4n) is 1.82. The summed E-state index contributed by atoms with van der Waals surface area (Å²) in [5.74, 6) is -6.73. The van der Waals surface area contributed by atoms with E-state index < -0.39 is 47.9 Å². The third-order valence-corrected chi connectivity index (χ3v) is 3.02. The van der Waals surface area contributed by atoms with Crippen molar-refractivity contribution in [3.05, 3.63) is 57.7 Å². The summed E-state index contributed by atoms with van der Waals surface area (Å²) in [5.41, 5.74) is 0.484. The zero-order valence-corrected chi connectivity index (χ0v) is 12.3. The van der Waals surface area contributed by atoms with E-state index in [-0.39, 0.29) is 23.6 Å². The van der Waals surface area contributed by atoms with Crippen molar-refractivity contribution < 1.29 is 36.7 Å². The predicted molar refractivity (Wildman–Crippen MR) is 72.4 cm³/mol. The van der Waals surface area contributed by atoms with Gasteiger partial charge in [-0.15, -0.1) is 0 Å². The van der Waals surface area contributed by atoms with E-state index in [1.54, 1.807) is 5.73 Å². The quantitative estimate of drug-likeness (QED) is 0.643. The fourth-order valence-corrected chi connectivity index (χ4v) is 1.82. The van der Waals surface area contributed by atoms with Crippen molar-refractivity contribution in [3.63, 3.8) is 0 Å². The molecule has 0 fully saturated rings. The summed E-state index contributed by atoms with van der Waals surface area (Å²) in [6.45, 7) is 0.163. The van der Waals surface area contributed by atoms with Crippen molar-refractivity contribution in [2.45, 2.75) is 20.0 Å². The first kappa shape index (κ1) is 17.7. The number of carboxylic acid groups (broad SMARTS) is 1. The molecule has 0 unspecified atom stereocenters. The molecule has 1 heterocycles. The van der Waals surface area contributed by atoms with Gasteiger partial charge in [-0.2, -0.15) is 4.39 Å². The number of carboxylic acids is 1. The molecule has 0 atom stereocenters. The second-order valence-electron chi connectivity index (χ2n) is 4.88. The monoisotopic (exact) mass is 345 g/mol. The smallest absolute Gasteiger partial charge is 0.358 e. The topological polar surface area (TPSA) is 72.6 Å². The number of carbonyl (C=O) groups is 1. The Kier molecular flexibility index (Phi) is 5.38. The van der Waals surface area contributed by atoms with E-state index in [1.165, 1.54) is 0 Å². The number of aromatic nitrogens is 1. The number of nitrogens with zero attached hydrogens (tertiary/aromatic N) is 1. The van der Waals surface area contributed by atoms with E-state index in [1.807, 2.05) is 0 Å². The Morgan fingerprint density at radius 2 is 2.04 bits per heavy atom. The Hall–Kier alpha value is -2.64. The van der Waals surface area contributed by atoms with E-state index in [0.29, 0.717) is 0 Å². The molecule has 128 valence electrons. The van der Waals surface area contributed by atoms with Crippen LogP contribution >= 0.6 is 0 Å². The van der Waals surface area contributed by atoms with Gasteiger partial charge < -0.3 is 14.4 Å². The van der Waals surface area contributed by atoms with Crippen LogP contribution in [0.1, 0.15) is 29.6 Å². The molecule has 0 radical (unpaired) electrons. The van der Waals surface area contributed by atoms with Gasteiger partial charge in [-0.25, -0.2) is 18.0 Å². The van der Waals surface area contributed by atoms with Crippen LogP contribution in [0.25, 0.3) is 0 Å². The number of hydrogen-bond donors (Lipinski definition) is 1. The summed E-state index contributed by atoms with van der Waals surface area (Å²) in [4.78, 5) is 10.6. The van der Waals surface area contributed by atoms with Crippen LogP contribution in [-0.2, 0) is 11.3 Å². The summed E-state index contributed by atoms with van der Waals surface area (Å²) in [5, 5.41) is 11.9. The van der Waals surface area contributed by atoms with Crippen LogP contribution < -0.4 is 0 Å². The van der Waals surface area contributed by atoms with Crippen LogP contribution in [0.2, 0.25) is 0 Å². The van der Waals surface area contributed by atoms with Crippen molar-refractivity contribution >= 4 is 5.97 Å². The average molecular weight is 345 g/mol. The van der Waals surface area contributed by atoms with Gasteiger partial charge in [-0.3, -0.25) is 0 Å². The van der Waals surface area contributed by atoms with Crippen LogP contribution in [0.5, 0.6) is 0 Å². The van der Waals surface area contributed by atoms with E-state index in [4.69, 9.17) is 9.84 Å². The number of aromatic carboxylic acids is 1. The van der Waals surface area contributed by atoms with Gasteiger partial charge in [0.05, 0.1) is 12.2 Å². The van der Waals surface area contributed by atoms with E-state index in [9.17, 15) is 22.4 Å². The summed E-state index contributed by atoms with van der Waals surface area (Å²) in [6, 6.07) is 1.07. The number of hydrogen-bond acceptors (Lipinski definition) is 4. The Balaban J connectivity index is 2.15. The Bertz CT molecular complexity index is 800. The molecule has 5 nitrogen and oxygen atoms in total. The molecule has 9 heteroatoms. The number of rotatable bonds is 5. The molecular formula is C15H11F4NO4. The highest BCUT2D eigenvalue weighted by atomic mass is 19.2. The summed E-state index contributed by atoms with van der Waals surface area (Å²) >= 11 is 0. The minimum atomic E-state index is -1.46. The van der Waals surface area contributed by atoms with Gasteiger partial charge in [-0.05, 0) is 12.5 Å². The van der Waals surface area contributed by atoms with Gasteiger partial charge in [0.15, 0.2) is 23.1 Å². The van der Waals surface area contributed by atoms with Crippen molar-refractivity contribution in [3.8, 4) is 0 Å². The minimum absolute atomic E-state index is 0.00933. The van der Waals surface area contributed by atoms with E-state index in [2.05, 4.69) is 9.68 Å². The van der Waals surface area contributed by atoms with Crippen molar-refractivity contribution in [1.82, 2.24) is 5.16 Å². The second kappa shape index (κ2) is 7.29. The van der Waals surface area contributed by atoms with Gasteiger partial charge in [0, 0.05) is 12.5 Å². The first-order valence-corrected chi connectivity index (χ1v) is 6.61. The fraction of sp³-hybridized carbons (Fsp3) is 0.267. The standard InChI is InChI=1S/C15H11F4NO4/c1-7-2-10(16)14(19)8(3-11(17)13(7)18)5-23-6-9-4-12(15(21)22)20-24-9/h4H,2,5-6H2,1H3,(H,21,22)/b13-7+,14-10-. The Morgan fingerprint density at radius 1 is 1.33 bits per heavy atom. The maximum atomic E-state index is 13.9. The lowest BCUT2D eigenvalue weighted by Gasteiger charge is -2.09. The van der Waals surface area contributed by atoms with Crippen molar-refractivity contribution in [2.75, 3.05) is 6.61 Å². The SMILES string of the molecule is C/C1=C(\F)C(F)=C=C(COCc2cc(C(=O)O)no2)/C(F)=C(/F)C1. The molecule has 0 spiro atoms. The number of ether oxygens (including phenoxy) is 1. The molecule has 1 aliphatic carbocycles.